The highest BCUT2D eigenvalue weighted by molar-refractivity contribution is 5.96. The number of benzene rings is 9. The molecule has 0 bridgehead atoms. The Labute approximate surface area is 316 Å². The Morgan fingerprint density at radius 2 is 0.741 bits per heavy atom. The Kier molecular flexibility index (Phi) is 6.84. The van der Waals surface area contributed by atoms with Crippen molar-refractivity contribution in [3.63, 3.8) is 0 Å². The van der Waals surface area contributed by atoms with Crippen molar-refractivity contribution in [3.05, 3.63) is 235 Å². The summed E-state index contributed by atoms with van der Waals surface area (Å²) < 4.78 is 0. The van der Waals surface area contributed by atoms with Gasteiger partial charge in [0, 0.05) is 17.1 Å². The summed E-state index contributed by atoms with van der Waals surface area (Å²) in [6, 6.07) is 78.3. The van der Waals surface area contributed by atoms with Gasteiger partial charge in [-0.15, -0.1) is 0 Å². The molecular weight excluding hydrogens is 651 g/mol. The Bertz CT molecular complexity index is 2820. The van der Waals surface area contributed by atoms with E-state index < -0.39 is 5.41 Å². The molecule has 9 aromatic carbocycles. The maximum atomic E-state index is 2.47. The molecule has 0 radical (unpaired) electrons. The Morgan fingerprint density at radius 1 is 0.259 bits per heavy atom. The quantitative estimate of drug-likeness (QED) is 0.174. The molecule has 9 aromatic rings. The second-order valence-corrected chi connectivity index (χ2v) is 14.5. The molecule has 0 aliphatic heterocycles. The van der Waals surface area contributed by atoms with Gasteiger partial charge >= 0.3 is 0 Å². The number of hydrogen-bond donors (Lipinski definition) is 0. The van der Waals surface area contributed by atoms with E-state index >= 15 is 0 Å². The first-order valence-electron chi connectivity index (χ1n) is 18.8. The van der Waals surface area contributed by atoms with Gasteiger partial charge in [-0.3, -0.25) is 0 Å². The molecule has 0 aromatic heterocycles. The molecule has 0 unspecified atom stereocenters. The molecule has 54 heavy (non-hydrogen) atoms. The zero-order chi connectivity index (χ0) is 35.6. The summed E-state index contributed by atoms with van der Waals surface area (Å²) in [6.07, 6.45) is 0. The second-order valence-electron chi connectivity index (χ2n) is 14.5. The molecule has 1 spiro atoms. The van der Waals surface area contributed by atoms with Crippen LogP contribution in [0.2, 0.25) is 0 Å². The molecule has 0 heterocycles. The van der Waals surface area contributed by atoms with E-state index in [1.807, 2.05) is 0 Å². The van der Waals surface area contributed by atoms with Crippen LogP contribution in [-0.2, 0) is 5.41 Å². The highest BCUT2D eigenvalue weighted by Crippen LogP contribution is 2.63. The average molecular weight is 686 g/mol. The van der Waals surface area contributed by atoms with Gasteiger partial charge in [0.05, 0.1) is 5.41 Å². The van der Waals surface area contributed by atoms with Crippen LogP contribution in [0, 0.1) is 0 Å². The van der Waals surface area contributed by atoms with Gasteiger partial charge in [0.15, 0.2) is 0 Å². The summed E-state index contributed by atoms with van der Waals surface area (Å²) in [4.78, 5) is 2.43. The predicted molar refractivity (Wildman–Crippen MR) is 226 cm³/mol. The standard InChI is InChI=1S/C53H35N/c1-2-13-36(14-3-1)38-27-29-42(30-28-38)54(43-18-12-17-40(34-43)41-26-25-37-15-4-5-16-39(37)33-41)44-31-32-48-47-21-8-11-24-51(47)53(52(48)35-44)49-22-9-6-19-45(49)46-20-7-10-23-50(46)53/h1-35H. The topological polar surface area (TPSA) is 3.24 Å². The van der Waals surface area contributed by atoms with Gasteiger partial charge < -0.3 is 4.90 Å². The van der Waals surface area contributed by atoms with Crippen LogP contribution in [0.25, 0.3) is 55.3 Å². The minimum Gasteiger partial charge on any atom is -0.310 e. The van der Waals surface area contributed by atoms with Crippen molar-refractivity contribution in [3.8, 4) is 44.5 Å². The third-order valence-corrected chi connectivity index (χ3v) is 11.7. The van der Waals surface area contributed by atoms with Gasteiger partial charge in [0.1, 0.15) is 0 Å². The van der Waals surface area contributed by atoms with E-state index in [4.69, 9.17) is 0 Å². The minimum absolute atomic E-state index is 0.412. The molecular formula is C53H35N. The van der Waals surface area contributed by atoms with Crippen LogP contribution in [0.5, 0.6) is 0 Å². The van der Waals surface area contributed by atoms with Crippen molar-refractivity contribution in [2.75, 3.05) is 4.90 Å². The molecule has 1 heteroatoms. The molecule has 0 fully saturated rings. The third kappa shape index (κ3) is 4.52. The lowest BCUT2D eigenvalue weighted by Crippen LogP contribution is -2.26. The summed E-state index contributed by atoms with van der Waals surface area (Å²) >= 11 is 0. The number of anilines is 3. The fourth-order valence-electron chi connectivity index (χ4n) is 9.30. The molecule has 1 nitrogen and oxygen atoms in total. The second kappa shape index (κ2) is 12.0. The Balaban J connectivity index is 1.13. The molecule has 0 amide bonds. The smallest absolute Gasteiger partial charge is 0.0726 e. The fourth-order valence-corrected chi connectivity index (χ4v) is 9.30. The largest absolute Gasteiger partial charge is 0.310 e. The number of rotatable bonds is 5. The zero-order valence-electron chi connectivity index (χ0n) is 29.7. The highest BCUT2D eigenvalue weighted by Gasteiger charge is 2.51. The van der Waals surface area contributed by atoms with E-state index in [-0.39, 0.29) is 0 Å². The van der Waals surface area contributed by atoms with Gasteiger partial charge in [0.25, 0.3) is 0 Å². The van der Waals surface area contributed by atoms with Gasteiger partial charge in [0.2, 0.25) is 0 Å². The van der Waals surface area contributed by atoms with Crippen molar-refractivity contribution in [1.82, 2.24) is 0 Å². The first-order valence-corrected chi connectivity index (χ1v) is 18.8. The molecule has 2 aliphatic carbocycles. The number of nitrogens with zero attached hydrogens (tertiary/aromatic N) is 1. The Morgan fingerprint density at radius 3 is 1.43 bits per heavy atom. The van der Waals surface area contributed by atoms with Crippen molar-refractivity contribution < 1.29 is 0 Å². The van der Waals surface area contributed by atoms with Crippen LogP contribution in [0.1, 0.15) is 22.3 Å². The SMILES string of the molecule is c1ccc(-c2ccc(N(c3cccc(-c4ccc5ccccc5c4)c3)c3ccc4c(c3)C3(c5ccccc5-c5ccccc53)c3ccccc3-4)cc2)cc1. The summed E-state index contributed by atoms with van der Waals surface area (Å²) in [6.45, 7) is 0. The minimum atomic E-state index is -0.412. The van der Waals surface area contributed by atoms with Gasteiger partial charge in [-0.25, -0.2) is 0 Å². The maximum absolute atomic E-state index is 2.47. The van der Waals surface area contributed by atoms with E-state index in [1.165, 1.54) is 77.5 Å². The van der Waals surface area contributed by atoms with Crippen molar-refractivity contribution in [2.24, 2.45) is 0 Å². The number of fused-ring (bicyclic) bond motifs is 11. The molecule has 252 valence electrons. The van der Waals surface area contributed by atoms with Crippen LogP contribution in [0.3, 0.4) is 0 Å². The van der Waals surface area contributed by atoms with E-state index in [1.54, 1.807) is 0 Å². The van der Waals surface area contributed by atoms with Crippen LogP contribution >= 0.6 is 0 Å². The average Bonchev–Trinajstić information content (AvgIpc) is 3.71. The number of hydrogen-bond acceptors (Lipinski definition) is 1. The molecule has 0 atom stereocenters. The summed E-state index contributed by atoms with van der Waals surface area (Å²) in [5.41, 5.74) is 18.4. The van der Waals surface area contributed by atoms with Gasteiger partial charge in [-0.05, 0) is 120 Å². The van der Waals surface area contributed by atoms with Crippen LogP contribution < -0.4 is 4.90 Å². The molecule has 11 rings (SSSR count). The predicted octanol–water partition coefficient (Wildman–Crippen LogP) is 14.0. The Hall–Kier alpha value is -6.96. The van der Waals surface area contributed by atoms with E-state index in [0.29, 0.717) is 0 Å². The molecule has 0 saturated heterocycles. The monoisotopic (exact) mass is 685 g/mol. The van der Waals surface area contributed by atoms with Gasteiger partial charge in [-0.1, -0.05) is 170 Å². The first kappa shape index (κ1) is 30.6. The first-order chi connectivity index (χ1) is 26.8. The zero-order valence-corrected chi connectivity index (χ0v) is 29.7. The molecule has 0 saturated carbocycles. The lowest BCUT2D eigenvalue weighted by atomic mass is 9.70. The van der Waals surface area contributed by atoms with Crippen LogP contribution in [0.4, 0.5) is 17.1 Å². The van der Waals surface area contributed by atoms with Crippen molar-refractivity contribution in [2.45, 2.75) is 5.41 Å². The lowest BCUT2D eigenvalue weighted by molar-refractivity contribution is 0.793. The van der Waals surface area contributed by atoms with Crippen LogP contribution in [-0.4, -0.2) is 0 Å². The van der Waals surface area contributed by atoms with Crippen molar-refractivity contribution >= 4 is 27.8 Å². The summed E-state index contributed by atoms with van der Waals surface area (Å²) in [5.74, 6) is 0. The van der Waals surface area contributed by atoms with E-state index in [9.17, 15) is 0 Å². The maximum Gasteiger partial charge on any atom is 0.0726 e. The highest BCUT2D eigenvalue weighted by atomic mass is 15.1. The third-order valence-electron chi connectivity index (χ3n) is 11.7. The molecule has 0 N–H and O–H groups in total. The van der Waals surface area contributed by atoms with Crippen LogP contribution in [0.15, 0.2) is 212 Å². The fraction of sp³-hybridized carbons (Fsp3) is 0.0189. The van der Waals surface area contributed by atoms with Gasteiger partial charge in [-0.2, -0.15) is 0 Å². The molecule has 2 aliphatic rings. The van der Waals surface area contributed by atoms with E-state index in [0.717, 1.165) is 17.1 Å². The van der Waals surface area contributed by atoms with E-state index in [2.05, 4.69) is 217 Å². The summed E-state index contributed by atoms with van der Waals surface area (Å²) in [7, 11) is 0. The normalized spacial score (nSPS) is 13.0. The summed E-state index contributed by atoms with van der Waals surface area (Å²) in [5, 5.41) is 2.50. The lowest BCUT2D eigenvalue weighted by Gasteiger charge is -2.32. The van der Waals surface area contributed by atoms with Crippen molar-refractivity contribution in [1.29, 1.82) is 0 Å².